The van der Waals surface area contributed by atoms with Gasteiger partial charge < -0.3 is 20.5 Å². The van der Waals surface area contributed by atoms with Crippen LogP contribution in [0.2, 0.25) is 0 Å². The van der Waals surface area contributed by atoms with Gasteiger partial charge in [0.15, 0.2) is 11.5 Å². The molecule has 1 fully saturated rings. The van der Waals surface area contributed by atoms with Crippen LogP contribution in [0.4, 0.5) is 11.4 Å². The highest BCUT2D eigenvalue weighted by Gasteiger charge is 2.27. The molecule has 0 spiro atoms. The molecule has 0 aromatic heterocycles. The zero-order valence-corrected chi connectivity index (χ0v) is 18.6. The molecule has 0 aliphatic carbocycles. The molecule has 2 aliphatic heterocycles. The normalized spacial score (nSPS) is 16.8. The Balaban J connectivity index is 0.00000160. The minimum Gasteiger partial charge on any atom is -0.454 e. The van der Waals surface area contributed by atoms with Crippen molar-refractivity contribution in [2.75, 3.05) is 30.9 Å². The van der Waals surface area contributed by atoms with Gasteiger partial charge in [0, 0.05) is 12.1 Å². The third kappa shape index (κ3) is 5.50. The van der Waals surface area contributed by atoms with Crippen LogP contribution in [0.15, 0.2) is 42.5 Å². The Morgan fingerprint density at radius 3 is 2.43 bits per heavy atom. The Morgan fingerprint density at radius 1 is 1.13 bits per heavy atom. The predicted octanol–water partition coefficient (Wildman–Crippen LogP) is 4.12. The monoisotopic (exact) mass is 453 g/mol. The van der Waals surface area contributed by atoms with E-state index in [2.05, 4.69) is 40.5 Å². The molecule has 2 aromatic carbocycles. The number of rotatable bonds is 5. The lowest BCUT2D eigenvalue weighted by Gasteiger charge is -2.35. The van der Waals surface area contributed by atoms with Crippen molar-refractivity contribution in [2.45, 2.75) is 32.2 Å². The molecule has 30 heavy (non-hydrogen) atoms. The van der Waals surface area contributed by atoms with Crippen molar-refractivity contribution in [3.63, 3.8) is 0 Å². The Labute approximate surface area is 189 Å². The fourth-order valence-corrected chi connectivity index (χ4v) is 3.96. The van der Waals surface area contributed by atoms with Gasteiger partial charge in [-0.15, -0.1) is 24.8 Å². The summed E-state index contributed by atoms with van der Waals surface area (Å²) in [6, 6.07) is 13.8. The van der Waals surface area contributed by atoms with E-state index in [1.54, 1.807) is 12.1 Å². The largest absolute Gasteiger partial charge is 0.454 e. The first kappa shape index (κ1) is 24.1. The highest BCUT2D eigenvalue weighted by atomic mass is 35.5. The molecule has 4 rings (SSSR count). The zero-order chi connectivity index (χ0) is 19.5. The number of carbonyl (C=O) groups excluding carboxylic acids is 1. The van der Waals surface area contributed by atoms with Gasteiger partial charge in [-0.2, -0.15) is 0 Å². The molecular weight excluding hydrogens is 425 g/mol. The molecule has 0 saturated carbocycles. The third-order valence-corrected chi connectivity index (χ3v) is 5.75. The van der Waals surface area contributed by atoms with E-state index in [9.17, 15) is 4.79 Å². The van der Waals surface area contributed by atoms with Gasteiger partial charge in [-0.3, -0.25) is 9.69 Å². The number of hydrogen-bond donors (Lipinski definition) is 2. The van der Waals surface area contributed by atoms with E-state index in [-0.39, 0.29) is 43.6 Å². The molecule has 3 N–H and O–H groups in total. The summed E-state index contributed by atoms with van der Waals surface area (Å²) in [4.78, 5) is 15.0. The molecule has 2 aliphatic rings. The van der Waals surface area contributed by atoms with Gasteiger partial charge in [0.1, 0.15) is 0 Å². The molecule has 0 bridgehead atoms. The lowest BCUT2D eigenvalue weighted by Crippen LogP contribution is -2.46. The quantitative estimate of drug-likeness (QED) is 0.665. The number of anilines is 2. The van der Waals surface area contributed by atoms with Crippen molar-refractivity contribution < 1.29 is 14.3 Å². The van der Waals surface area contributed by atoms with Gasteiger partial charge in [0.05, 0.1) is 17.4 Å². The molecule has 6 nitrogen and oxygen atoms in total. The number of amides is 1. The molecule has 2 heterocycles. The fraction of sp³-hybridized carbons (Fsp3) is 0.409. The van der Waals surface area contributed by atoms with Crippen molar-refractivity contribution in [3.05, 3.63) is 48.0 Å². The third-order valence-electron chi connectivity index (χ3n) is 5.75. The van der Waals surface area contributed by atoms with E-state index < -0.39 is 0 Å². The number of carbonyl (C=O) groups is 1. The second-order valence-corrected chi connectivity index (χ2v) is 7.63. The van der Waals surface area contributed by atoms with Crippen molar-refractivity contribution >= 4 is 42.1 Å². The number of fused-ring (bicyclic) bond motifs is 1. The molecule has 0 radical (unpaired) electrons. The summed E-state index contributed by atoms with van der Waals surface area (Å²) in [6.45, 7) is 4.00. The summed E-state index contributed by atoms with van der Waals surface area (Å²) < 4.78 is 10.7. The van der Waals surface area contributed by atoms with Crippen molar-refractivity contribution in [1.82, 2.24) is 4.90 Å². The molecule has 2 aromatic rings. The lowest BCUT2D eigenvalue weighted by molar-refractivity contribution is -0.121. The van der Waals surface area contributed by atoms with Crippen LogP contribution in [-0.2, 0) is 11.2 Å². The molecule has 1 amide bonds. The lowest BCUT2D eigenvalue weighted by atomic mass is 9.89. The minimum atomic E-state index is -0.206. The standard InChI is InChI=1S/C22H27N3O3.2ClH/c1-15(22(26)24-19-13-21-20(12-18(19)23)27-14-28-21)25-9-7-17(8-10-25)11-16-5-3-2-4-6-16;;/h2-6,12-13,15,17H,7-11,14,23H2,1H3,(H,24,26);2*1H. The van der Waals surface area contributed by atoms with Crippen LogP contribution in [-0.4, -0.2) is 36.7 Å². The maximum atomic E-state index is 12.8. The molecule has 8 heteroatoms. The maximum Gasteiger partial charge on any atom is 0.241 e. The average molecular weight is 454 g/mol. The van der Waals surface area contributed by atoms with Crippen molar-refractivity contribution in [3.8, 4) is 11.5 Å². The van der Waals surface area contributed by atoms with E-state index in [0.29, 0.717) is 28.8 Å². The second-order valence-electron chi connectivity index (χ2n) is 7.63. The first-order chi connectivity index (χ1) is 13.6. The number of halogens is 2. The number of nitrogens with one attached hydrogen (secondary N) is 1. The molecular formula is C22H29Cl2N3O3. The average Bonchev–Trinajstić information content (AvgIpc) is 3.16. The number of hydrogen-bond acceptors (Lipinski definition) is 5. The van der Waals surface area contributed by atoms with Crippen molar-refractivity contribution in [1.29, 1.82) is 0 Å². The first-order valence-corrected chi connectivity index (χ1v) is 9.88. The number of ether oxygens (including phenoxy) is 2. The van der Waals surface area contributed by atoms with E-state index >= 15 is 0 Å². The second kappa shape index (κ2) is 10.8. The predicted molar refractivity (Wildman–Crippen MR) is 124 cm³/mol. The number of benzene rings is 2. The minimum absolute atomic E-state index is 0. The highest BCUT2D eigenvalue weighted by molar-refractivity contribution is 5.97. The summed E-state index contributed by atoms with van der Waals surface area (Å²) in [5.74, 6) is 1.86. The number of nitrogens with zero attached hydrogens (tertiary/aromatic N) is 1. The van der Waals surface area contributed by atoms with Crippen LogP contribution < -0.4 is 20.5 Å². The van der Waals surface area contributed by atoms with Crippen LogP contribution in [0, 0.1) is 5.92 Å². The van der Waals surface area contributed by atoms with E-state index in [4.69, 9.17) is 15.2 Å². The smallest absolute Gasteiger partial charge is 0.241 e. The first-order valence-electron chi connectivity index (χ1n) is 9.88. The SMILES string of the molecule is CC(C(=O)Nc1cc2c(cc1N)OCO2)N1CCC(Cc2ccccc2)CC1.Cl.Cl. The molecule has 1 unspecified atom stereocenters. The summed E-state index contributed by atoms with van der Waals surface area (Å²) >= 11 is 0. The van der Waals surface area contributed by atoms with Gasteiger partial charge in [-0.05, 0) is 50.8 Å². The molecule has 1 atom stereocenters. The number of nitrogens with two attached hydrogens (primary N) is 1. The molecule has 164 valence electrons. The Kier molecular flexibility index (Phi) is 8.65. The van der Waals surface area contributed by atoms with Crippen LogP contribution >= 0.6 is 24.8 Å². The zero-order valence-electron chi connectivity index (χ0n) is 17.0. The van der Waals surface area contributed by atoms with Gasteiger partial charge >= 0.3 is 0 Å². The number of likely N-dealkylation sites (tertiary alicyclic amines) is 1. The Bertz CT molecular complexity index is 843. The Morgan fingerprint density at radius 2 is 1.77 bits per heavy atom. The maximum absolute atomic E-state index is 12.8. The van der Waals surface area contributed by atoms with Crippen LogP contribution in [0.3, 0.4) is 0 Å². The van der Waals surface area contributed by atoms with Gasteiger partial charge in [0.2, 0.25) is 12.7 Å². The summed E-state index contributed by atoms with van der Waals surface area (Å²) in [5, 5.41) is 2.95. The van der Waals surface area contributed by atoms with Crippen LogP contribution in [0.5, 0.6) is 11.5 Å². The van der Waals surface area contributed by atoms with Gasteiger partial charge in [-0.25, -0.2) is 0 Å². The van der Waals surface area contributed by atoms with Gasteiger partial charge in [-0.1, -0.05) is 30.3 Å². The fourth-order valence-electron chi connectivity index (χ4n) is 3.96. The van der Waals surface area contributed by atoms with Crippen LogP contribution in [0.1, 0.15) is 25.3 Å². The molecule has 1 saturated heterocycles. The topological polar surface area (TPSA) is 76.8 Å². The van der Waals surface area contributed by atoms with Crippen LogP contribution in [0.25, 0.3) is 0 Å². The number of piperidine rings is 1. The summed E-state index contributed by atoms with van der Waals surface area (Å²) in [7, 11) is 0. The summed E-state index contributed by atoms with van der Waals surface area (Å²) in [5.41, 5.74) is 8.49. The number of nitrogen functional groups attached to an aromatic ring is 1. The Hall–Kier alpha value is -2.15. The van der Waals surface area contributed by atoms with Gasteiger partial charge in [0.25, 0.3) is 0 Å². The van der Waals surface area contributed by atoms with E-state index in [0.717, 1.165) is 32.4 Å². The summed E-state index contributed by atoms with van der Waals surface area (Å²) in [6.07, 6.45) is 3.33. The van der Waals surface area contributed by atoms with E-state index in [1.807, 2.05) is 6.92 Å². The highest BCUT2D eigenvalue weighted by Crippen LogP contribution is 2.38. The van der Waals surface area contributed by atoms with E-state index in [1.165, 1.54) is 5.56 Å². The van der Waals surface area contributed by atoms with Crippen molar-refractivity contribution in [2.24, 2.45) is 5.92 Å².